The van der Waals surface area contributed by atoms with Crippen molar-refractivity contribution in [2.24, 2.45) is 5.14 Å². The van der Waals surface area contributed by atoms with E-state index in [0.717, 1.165) is 24.1 Å². The number of aromatic nitrogens is 1. The number of carbonyl (C=O) groups is 1. The second-order valence-electron chi connectivity index (χ2n) is 5.94. The van der Waals surface area contributed by atoms with Crippen molar-refractivity contribution in [2.75, 3.05) is 18.4 Å². The van der Waals surface area contributed by atoms with Gasteiger partial charge in [0.25, 0.3) is 5.91 Å². The summed E-state index contributed by atoms with van der Waals surface area (Å²) in [6.07, 6.45) is 5.86. The van der Waals surface area contributed by atoms with Crippen molar-refractivity contribution in [3.63, 3.8) is 0 Å². The van der Waals surface area contributed by atoms with Gasteiger partial charge in [0.05, 0.1) is 16.1 Å². The molecule has 0 saturated heterocycles. The Bertz CT molecular complexity index is 836. The molecule has 0 aliphatic rings. The van der Waals surface area contributed by atoms with Crippen LogP contribution in [0.1, 0.15) is 35.7 Å². The predicted molar refractivity (Wildman–Crippen MR) is 101 cm³/mol. The molecule has 1 amide bonds. The number of nitrogens with one attached hydrogen (secondary N) is 2. The van der Waals surface area contributed by atoms with Crippen molar-refractivity contribution in [1.29, 1.82) is 0 Å². The van der Waals surface area contributed by atoms with E-state index in [1.54, 1.807) is 30.6 Å². The molecular formula is C18H24N4O3S. The summed E-state index contributed by atoms with van der Waals surface area (Å²) in [4.78, 5) is 16.2. The van der Waals surface area contributed by atoms with Crippen LogP contribution in [0.4, 0.5) is 5.69 Å². The number of amides is 1. The molecule has 0 atom stereocenters. The summed E-state index contributed by atoms with van der Waals surface area (Å²) in [5, 5.41) is 11.2. The molecule has 0 unspecified atom stereocenters. The van der Waals surface area contributed by atoms with Crippen molar-refractivity contribution in [3.8, 4) is 0 Å². The van der Waals surface area contributed by atoms with Gasteiger partial charge in [-0.15, -0.1) is 0 Å². The van der Waals surface area contributed by atoms with E-state index in [1.165, 1.54) is 12.1 Å². The molecule has 140 valence electrons. The Balaban J connectivity index is 1.88. The maximum absolute atomic E-state index is 12.0. The summed E-state index contributed by atoms with van der Waals surface area (Å²) in [5.41, 5.74) is 2.25. The van der Waals surface area contributed by atoms with Crippen molar-refractivity contribution in [3.05, 3.63) is 53.9 Å². The van der Waals surface area contributed by atoms with Crippen molar-refractivity contribution < 1.29 is 13.2 Å². The van der Waals surface area contributed by atoms with Crippen LogP contribution in [0, 0.1) is 0 Å². The van der Waals surface area contributed by atoms with Crippen LogP contribution in [0.25, 0.3) is 0 Å². The van der Waals surface area contributed by atoms with Crippen LogP contribution in [-0.2, 0) is 16.4 Å². The minimum atomic E-state index is -3.67. The van der Waals surface area contributed by atoms with E-state index in [1.807, 2.05) is 0 Å². The lowest BCUT2D eigenvalue weighted by molar-refractivity contribution is 0.0953. The van der Waals surface area contributed by atoms with Gasteiger partial charge in [-0.1, -0.05) is 25.5 Å². The van der Waals surface area contributed by atoms with Gasteiger partial charge in [0.1, 0.15) is 0 Å². The number of carbonyl (C=O) groups excluding carboxylic acids is 1. The Morgan fingerprint density at radius 2 is 1.88 bits per heavy atom. The van der Waals surface area contributed by atoms with Crippen LogP contribution in [0.3, 0.4) is 0 Å². The monoisotopic (exact) mass is 376 g/mol. The number of unbranched alkanes of at least 4 members (excludes halogenated alkanes) is 1. The fraction of sp³-hybridized carbons (Fsp3) is 0.333. The lowest BCUT2D eigenvalue weighted by Gasteiger charge is -2.09. The van der Waals surface area contributed by atoms with Gasteiger partial charge in [-0.2, -0.15) is 0 Å². The fourth-order valence-corrected chi connectivity index (χ4v) is 2.85. The SMILES string of the molecule is CCCCNC(=O)c1cncc(NCCc2ccc(S(N)(=O)=O)cc2)c1. The molecule has 0 spiro atoms. The number of hydrogen-bond donors (Lipinski definition) is 3. The number of nitrogens with two attached hydrogens (primary N) is 1. The number of primary sulfonamides is 1. The van der Waals surface area contributed by atoms with Gasteiger partial charge in [-0.3, -0.25) is 9.78 Å². The number of benzene rings is 1. The van der Waals surface area contributed by atoms with E-state index in [4.69, 9.17) is 5.14 Å². The normalized spacial score (nSPS) is 11.2. The molecule has 1 aromatic heterocycles. The number of nitrogens with zero attached hydrogens (tertiary/aromatic N) is 1. The minimum Gasteiger partial charge on any atom is -0.383 e. The molecule has 0 bridgehead atoms. The first-order chi connectivity index (χ1) is 12.4. The maximum Gasteiger partial charge on any atom is 0.252 e. The highest BCUT2D eigenvalue weighted by molar-refractivity contribution is 7.89. The van der Waals surface area contributed by atoms with Gasteiger partial charge in [0, 0.05) is 25.5 Å². The quantitative estimate of drug-likeness (QED) is 0.579. The van der Waals surface area contributed by atoms with Crippen molar-refractivity contribution >= 4 is 21.6 Å². The molecule has 0 fully saturated rings. The Labute approximate surface area is 154 Å². The molecule has 1 aromatic carbocycles. The molecule has 2 aromatic rings. The number of anilines is 1. The van der Waals surface area contributed by atoms with Gasteiger partial charge in [0.15, 0.2) is 0 Å². The van der Waals surface area contributed by atoms with E-state index in [0.29, 0.717) is 25.1 Å². The molecule has 0 aliphatic heterocycles. The second kappa shape index (κ2) is 9.30. The third-order valence-corrected chi connectivity index (χ3v) is 4.74. The zero-order chi connectivity index (χ0) is 19.0. The first-order valence-corrected chi connectivity index (χ1v) is 10.0. The highest BCUT2D eigenvalue weighted by Gasteiger charge is 2.08. The molecule has 7 nitrogen and oxygen atoms in total. The highest BCUT2D eigenvalue weighted by atomic mass is 32.2. The molecule has 0 aliphatic carbocycles. The van der Waals surface area contributed by atoms with Gasteiger partial charge in [0.2, 0.25) is 10.0 Å². The first kappa shape index (κ1) is 19.9. The molecule has 1 heterocycles. The van der Waals surface area contributed by atoms with Crippen LogP contribution in [0.15, 0.2) is 47.6 Å². The minimum absolute atomic E-state index is 0.0974. The number of pyridine rings is 1. The standard InChI is InChI=1S/C18H24N4O3S/c1-2-3-9-22-18(23)15-11-16(13-20-12-15)21-10-8-14-4-6-17(7-5-14)26(19,24)25/h4-7,11-13,21H,2-3,8-10H2,1H3,(H,22,23)(H2,19,24,25). The van der Waals surface area contributed by atoms with Gasteiger partial charge in [-0.05, 0) is 36.6 Å². The molecular weight excluding hydrogens is 352 g/mol. The average molecular weight is 376 g/mol. The van der Waals surface area contributed by atoms with E-state index in [-0.39, 0.29) is 10.8 Å². The third-order valence-electron chi connectivity index (χ3n) is 3.81. The molecule has 2 rings (SSSR count). The summed E-state index contributed by atoms with van der Waals surface area (Å²) in [6.45, 7) is 3.35. The Hall–Kier alpha value is -2.45. The molecule has 26 heavy (non-hydrogen) atoms. The lowest BCUT2D eigenvalue weighted by Crippen LogP contribution is -2.24. The first-order valence-electron chi connectivity index (χ1n) is 8.49. The van der Waals surface area contributed by atoms with Crippen LogP contribution < -0.4 is 15.8 Å². The number of rotatable bonds is 9. The summed E-state index contributed by atoms with van der Waals surface area (Å²) < 4.78 is 22.5. The largest absolute Gasteiger partial charge is 0.383 e. The van der Waals surface area contributed by atoms with Crippen molar-refractivity contribution in [2.45, 2.75) is 31.1 Å². The van der Waals surface area contributed by atoms with Crippen LogP contribution >= 0.6 is 0 Å². The summed E-state index contributed by atoms with van der Waals surface area (Å²) in [6, 6.07) is 8.22. The zero-order valence-corrected chi connectivity index (χ0v) is 15.6. The number of hydrogen-bond acceptors (Lipinski definition) is 5. The Morgan fingerprint density at radius 3 is 2.54 bits per heavy atom. The molecule has 8 heteroatoms. The summed E-state index contributed by atoms with van der Waals surface area (Å²) in [7, 11) is -3.67. The smallest absolute Gasteiger partial charge is 0.252 e. The Kier molecular flexibility index (Phi) is 7.11. The van der Waals surface area contributed by atoms with E-state index in [2.05, 4.69) is 22.5 Å². The zero-order valence-electron chi connectivity index (χ0n) is 14.7. The highest BCUT2D eigenvalue weighted by Crippen LogP contribution is 2.11. The maximum atomic E-state index is 12.0. The van der Waals surface area contributed by atoms with Gasteiger partial charge in [-0.25, -0.2) is 13.6 Å². The van der Waals surface area contributed by atoms with Crippen molar-refractivity contribution in [1.82, 2.24) is 10.3 Å². The average Bonchev–Trinajstić information content (AvgIpc) is 2.62. The van der Waals surface area contributed by atoms with E-state index in [9.17, 15) is 13.2 Å². The van der Waals surface area contributed by atoms with Crippen LogP contribution in [-0.4, -0.2) is 32.4 Å². The predicted octanol–water partition coefficient (Wildman–Crippen LogP) is 1.91. The van der Waals surface area contributed by atoms with Gasteiger partial charge < -0.3 is 10.6 Å². The van der Waals surface area contributed by atoms with E-state index >= 15 is 0 Å². The topological polar surface area (TPSA) is 114 Å². The molecule has 0 radical (unpaired) electrons. The second-order valence-corrected chi connectivity index (χ2v) is 7.50. The van der Waals surface area contributed by atoms with Crippen LogP contribution in [0.5, 0.6) is 0 Å². The van der Waals surface area contributed by atoms with Crippen LogP contribution in [0.2, 0.25) is 0 Å². The summed E-state index contributed by atoms with van der Waals surface area (Å²) in [5.74, 6) is -0.131. The number of sulfonamides is 1. The third kappa shape index (κ3) is 6.12. The molecule has 0 saturated carbocycles. The lowest BCUT2D eigenvalue weighted by atomic mass is 10.1. The fourth-order valence-electron chi connectivity index (χ4n) is 2.34. The van der Waals surface area contributed by atoms with E-state index < -0.39 is 10.0 Å². The molecule has 4 N–H and O–H groups in total. The Morgan fingerprint density at radius 1 is 1.15 bits per heavy atom. The van der Waals surface area contributed by atoms with Gasteiger partial charge >= 0.3 is 0 Å². The summed E-state index contributed by atoms with van der Waals surface area (Å²) >= 11 is 0.